The van der Waals surface area contributed by atoms with E-state index in [4.69, 9.17) is 9.47 Å². The fourth-order valence-electron chi connectivity index (χ4n) is 1.95. The first-order valence-corrected chi connectivity index (χ1v) is 6.61. The van der Waals surface area contributed by atoms with Crippen molar-refractivity contribution < 1.29 is 22.6 Å². The minimum atomic E-state index is -4.55. The van der Waals surface area contributed by atoms with E-state index in [0.29, 0.717) is 17.1 Å². The number of halogens is 3. The van der Waals surface area contributed by atoms with E-state index in [0.717, 1.165) is 0 Å². The van der Waals surface area contributed by atoms with Gasteiger partial charge in [-0.1, -0.05) is 12.1 Å². The fourth-order valence-corrected chi connectivity index (χ4v) is 1.95. The predicted molar refractivity (Wildman–Crippen MR) is 82.9 cm³/mol. The average Bonchev–Trinajstić information content (AvgIpc) is 2.51. The topological polar surface area (TPSA) is 54.5 Å². The van der Waals surface area contributed by atoms with Crippen LogP contribution in [0.4, 0.5) is 30.2 Å². The number of nitrogens with one attached hydrogen (secondary N) is 3. The van der Waals surface area contributed by atoms with Gasteiger partial charge in [0.1, 0.15) is 5.75 Å². The molecule has 2 aromatic carbocycles. The Labute approximate surface area is 131 Å². The molecule has 3 N–H and O–H groups in total. The molecule has 0 aliphatic rings. The van der Waals surface area contributed by atoms with Gasteiger partial charge in [0.15, 0.2) is 5.75 Å². The number of methoxy groups -OCH3 is 2. The molecule has 0 spiro atoms. The molecular formula is C15H16F3N3O2. The van der Waals surface area contributed by atoms with Crippen LogP contribution in [-0.4, -0.2) is 20.5 Å². The molecule has 0 saturated heterocycles. The zero-order valence-corrected chi connectivity index (χ0v) is 12.5. The highest BCUT2D eigenvalue weighted by Crippen LogP contribution is 2.35. The molecule has 0 fully saturated rings. The van der Waals surface area contributed by atoms with Crippen LogP contribution in [0.25, 0.3) is 0 Å². The second-order valence-electron chi connectivity index (χ2n) is 4.49. The van der Waals surface area contributed by atoms with E-state index in [1.807, 2.05) is 0 Å². The van der Waals surface area contributed by atoms with Crippen molar-refractivity contribution in [1.82, 2.24) is 0 Å². The van der Waals surface area contributed by atoms with E-state index in [-0.39, 0.29) is 11.4 Å². The van der Waals surface area contributed by atoms with Gasteiger partial charge in [0.25, 0.3) is 0 Å². The molecule has 8 heteroatoms. The lowest BCUT2D eigenvalue weighted by atomic mass is 10.2. The van der Waals surface area contributed by atoms with Gasteiger partial charge < -0.3 is 14.9 Å². The molecule has 0 aliphatic carbocycles. The van der Waals surface area contributed by atoms with Gasteiger partial charge in [-0.05, 0) is 24.3 Å². The van der Waals surface area contributed by atoms with E-state index in [1.54, 1.807) is 37.4 Å². The molecule has 0 amide bonds. The zero-order valence-electron chi connectivity index (χ0n) is 12.5. The maximum atomic E-state index is 12.5. The third-order valence-electron chi connectivity index (χ3n) is 2.91. The number of hydrazine groups is 1. The normalized spacial score (nSPS) is 10.8. The lowest BCUT2D eigenvalue weighted by Crippen LogP contribution is -2.21. The first-order valence-electron chi connectivity index (χ1n) is 6.61. The number of benzene rings is 2. The van der Waals surface area contributed by atoms with Gasteiger partial charge in [0.2, 0.25) is 0 Å². The molecule has 5 nitrogen and oxygen atoms in total. The van der Waals surface area contributed by atoms with Gasteiger partial charge in [0, 0.05) is 6.07 Å². The van der Waals surface area contributed by atoms with Crippen molar-refractivity contribution >= 4 is 17.1 Å². The molecule has 2 rings (SSSR count). The number of ether oxygens (including phenoxy) is 2. The summed E-state index contributed by atoms with van der Waals surface area (Å²) in [5.74, 6) is 0.691. The minimum Gasteiger partial charge on any atom is -0.497 e. The summed E-state index contributed by atoms with van der Waals surface area (Å²) in [5.41, 5.74) is 6.55. The summed E-state index contributed by atoms with van der Waals surface area (Å²) < 4.78 is 47.7. The van der Waals surface area contributed by atoms with E-state index < -0.39 is 6.30 Å². The Bertz CT molecular complexity index is 663. The van der Waals surface area contributed by atoms with Crippen LogP contribution in [0.2, 0.25) is 0 Å². The molecule has 0 aliphatic heterocycles. The first kappa shape index (κ1) is 16.6. The van der Waals surface area contributed by atoms with Crippen molar-refractivity contribution in [2.24, 2.45) is 0 Å². The van der Waals surface area contributed by atoms with Crippen molar-refractivity contribution in [1.29, 1.82) is 0 Å². The van der Waals surface area contributed by atoms with Crippen molar-refractivity contribution in [2.75, 3.05) is 30.4 Å². The summed E-state index contributed by atoms with van der Waals surface area (Å²) in [4.78, 5) is 0. The Morgan fingerprint density at radius 2 is 1.57 bits per heavy atom. The molecule has 0 heterocycles. The summed E-state index contributed by atoms with van der Waals surface area (Å²) in [7, 11) is 2.84. The van der Waals surface area contributed by atoms with Gasteiger partial charge >= 0.3 is 6.30 Å². The van der Waals surface area contributed by atoms with E-state index >= 15 is 0 Å². The summed E-state index contributed by atoms with van der Waals surface area (Å²) in [6, 6.07) is 11.4. The summed E-state index contributed by atoms with van der Waals surface area (Å²) in [5, 5.41) is 1.44. The lowest BCUT2D eigenvalue weighted by Gasteiger charge is -2.18. The highest BCUT2D eigenvalue weighted by atomic mass is 19.4. The highest BCUT2D eigenvalue weighted by molar-refractivity contribution is 5.72. The van der Waals surface area contributed by atoms with Crippen LogP contribution in [0, 0.1) is 0 Å². The van der Waals surface area contributed by atoms with Crippen LogP contribution in [0.5, 0.6) is 11.5 Å². The number of hydrogen-bond donors (Lipinski definition) is 3. The summed E-state index contributed by atoms with van der Waals surface area (Å²) >= 11 is 0. The van der Waals surface area contributed by atoms with Crippen LogP contribution in [0.1, 0.15) is 0 Å². The second-order valence-corrected chi connectivity index (χ2v) is 4.49. The Kier molecular flexibility index (Phi) is 5.05. The van der Waals surface area contributed by atoms with Gasteiger partial charge in [-0.15, -0.1) is 0 Å². The maximum Gasteiger partial charge on any atom is 0.482 e. The van der Waals surface area contributed by atoms with E-state index in [9.17, 15) is 13.2 Å². The fraction of sp³-hybridized carbons (Fsp3) is 0.200. The first-order chi connectivity index (χ1) is 10.9. The Hall–Kier alpha value is -2.77. The largest absolute Gasteiger partial charge is 0.497 e. The average molecular weight is 327 g/mol. The molecule has 0 unspecified atom stereocenters. The van der Waals surface area contributed by atoms with Crippen molar-refractivity contribution in [3.63, 3.8) is 0 Å². The molecule has 23 heavy (non-hydrogen) atoms. The SMILES string of the molecule is COc1cccc(NNc2cccc(NC(F)(F)F)c2OC)c1. The smallest absolute Gasteiger partial charge is 0.482 e. The van der Waals surface area contributed by atoms with Gasteiger partial charge in [-0.3, -0.25) is 10.7 Å². The Morgan fingerprint density at radius 1 is 0.870 bits per heavy atom. The van der Waals surface area contributed by atoms with Gasteiger partial charge in [-0.2, -0.15) is 13.2 Å². The quantitative estimate of drug-likeness (QED) is 0.551. The standard InChI is InChI=1S/C15H16F3N3O2/c1-22-11-6-3-5-10(9-11)20-21-13-8-4-7-12(14(13)23-2)19-15(16,17)18/h3-9,19-21H,1-2H3. The van der Waals surface area contributed by atoms with Crippen LogP contribution < -0.4 is 25.6 Å². The molecular weight excluding hydrogens is 311 g/mol. The predicted octanol–water partition coefficient (Wildman–Crippen LogP) is 4.07. The zero-order chi connectivity index (χ0) is 16.9. The summed E-state index contributed by atoms with van der Waals surface area (Å²) in [6.45, 7) is 0. The van der Waals surface area contributed by atoms with Crippen LogP contribution in [-0.2, 0) is 0 Å². The second kappa shape index (κ2) is 6.99. The molecule has 124 valence electrons. The Balaban J connectivity index is 2.17. The number of anilines is 3. The number of alkyl halides is 3. The number of hydrogen-bond acceptors (Lipinski definition) is 5. The molecule has 0 radical (unpaired) electrons. The molecule has 2 aromatic rings. The molecule has 0 aromatic heterocycles. The third kappa shape index (κ3) is 4.60. The van der Waals surface area contributed by atoms with E-state index in [1.165, 1.54) is 24.6 Å². The summed E-state index contributed by atoms with van der Waals surface area (Å²) in [6.07, 6.45) is -4.55. The third-order valence-corrected chi connectivity index (χ3v) is 2.91. The van der Waals surface area contributed by atoms with E-state index in [2.05, 4.69) is 10.9 Å². The number of para-hydroxylation sites is 1. The maximum absolute atomic E-state index is 12.5. The monoisotopic (exact) mass is 327 g/mol. The van der Waals surface area contributed by atoms with Crippen molar-refractivity contribution in [3.05, 3.63) is 42.5 Å². The van der Waals surface area contributed by atoms with Crippen molar-refractivity contribution in [3.8, 4) is 11.5 Å². The minimum absolute atomic E-state index is 0.0419. The van der Waals surface area contributed by atoms with Crippen LogP contribution >= 0.6 is 0 Å². The Morgan fingerprint density at radius 3 is 2.22 bits per heavy atom. The molecule has 0 atom stereocenters. The molecule has 0 bridgehead atoms. The molecule has 0 saturated carbocycles. The lowest BCUT2D eigenvalue weighted by molar-refractivity contribution is -0.100. The number of rotatable bonds is 6. The van der Waals surface area contributed by atoms with Gasteiger partial charge in [-0.25, -0.2) is 0 Å². The van der Waals surface area contributed by atoms with Crippen LogP contribution in [0.3, 0.4) is 0 Å². The van der Waals surface area contributed by atoms with Crippen molar-refractivity contribution in [2.45, 2.75) is 6.30 Å². The highest BCUT2D eigenvalue weighted by Gasteiger charge is 2.29. The van der Waals surface area contributed by atoms with Gasteiger partial charge in [0.05, 0.1) is 31.3 Å². The van der Waals surface area contributed by atoms with Crippen LogP contribution in [0.15, 0.2) is 42.5 Å².